The van der Waals surface area contributed by atoms with Crippen molar-refractivity contribution in [3.8, 4) is 0 Å². The molecule has 26 heavy (non-hydrogen) atoms. The Bertz CT molecular complexity index is 878. The van der Waals surface area contributed by atoms with Gasteiger partial charge in [-0.3, -0.25) is 9.10 Å². The second kappa shape index (κ2) is 8.14. The zero-order chi connectivity index (χ0) is 19.3. The standard InChI is InChI=1S/C19H21FN2O3S/c1-4-13-22(26(3,24)25)18-11-7-16(8-12-18)19(23)21-14(2)15-5-9-17(20)10-6-15/h4-12,14H,1,13H2,2-3H3,(H,21,23). The van der Waals surface area contributed by atoms with E-state index in [0.29, 0.717) is 11.3 Å². The third-order valence-electron chi connectivity index (χ3n) is 3.83. The van der Waals surface area contributed by atoms with E-state index in [1.165, 1.54) is 22.5 Å². The fourth-order valence-corrected chi connectivity index (χ4v) is 3.32. The summed E-state index contributed by atoms with van der Waals surface area (Å²) in [5.74, 6) is -0.638. The summed E-state index contributed by atoms with van der Waals surface area (Å²) < 4.78 is 37.9. The number of rotatable bonds is 7. The highest BCUT2D eigenvalue weighted by molar-refractivity contribution is 7.92. The number of carbonyl (C=O) groups is 1. The summed E-state index contributed by atoms with van der Waals surface area (Å²) in [4.78, 5) is 12.4. The molecule has 0 aliphatic carbocycles. The van der Waals surface area contributed by atoms with Crippen molar-refractivity contribution in [2.24, 2.45) is 0 Å². The predicted molar refractivity (Wildman–Crippen MR) is 101 cm³/mol. The van der Waals surface area contributed by atoms with Gasteiger partial charge in [-0.05, 0) is 48.9 Å². The highest BCUT2D eigenvalue weighted by Crippen LogP contribution is 2.19. The molecule has 2 aromatic rings. The number of nitrogens with one attached hydrogen (secondary N) is 1. The number of amides is 1. The van der Waals surface area contributed by atoms with Crippen molar-refractivity contribution in [3.05, 3.63) is 78.1 Å². The number of benzene rings is 2. The molecule has 0 bridgehead atoms. The van der Waals surface area contributed by atoms with Gasteiger partial charge >= 0.3 is 0 Å². The molecule has 0 heterocycles. The summed E-state index contributed by atoms with van der Waals surface area (Å²) in [5.41, 5.74) is 1.64. The topological polar surface area (TPSA) is 66.5 Å². The predicted octanol–water partition coefficient (Wildman–Crippen LogP) is 3.27. The largest absolute Gasteiger partial charge is 0.346 e. The van der Waals surface area contributed by atoms with Crippen LogP contribution in [0.1, 0.15) is 28.9 Å². The Labute approximate surface area is 153 Å². The van der Waals surface area contributed by atoms with Gasteiger partial charge in [0, 0.05) is 5.56 Å². The van der Waals surface area contributed by atoms with Crippen LogP contribution in [0, 0.1) is 5.82 Å². The fourth-order valence-electron chi connectivity index (χ4n) is 2.44. The van der Waals surface area contributed by atoms with Crippen LogP contribution in [-0.2, 0) is 10.0 Å². The van der Waals surface area contributed by atoms with Gasteiger partial charge in [-0.25, -0.2) is 12.8 Å². The van der Waals surface area contributed by atoms with E-state index in [0.717, 1.165) is 11.8 Å². The third-order valence-corrected chi connectivity index (χ3v) is 4.99. The van der Waals surface area contributed by atoms with E-state index in [1.807, 2.05) is 0 Å². The summed E-state index contributed by atoms with van der Waals surface area (Å²) >= 11 is 0. The van der Waals surface area contributed by atoms with Crippen LogP contribution in [0.15, 0.2) is 61.2 Å². The zero-order valence-electron chi connectivity index (χ0n) is 14.6. The fraction of sp³-hybridized carbons (Fsp3) is 0.211. The van der Waals surface area contributed by atoms with Crippen molar-refractivity contribution >= 4 is 21.6 Å². The molecule has 138 valence electrons. The molecule has 0 spiro atoms. The maximum absolute atomic E-state index is 13.0. The Kier molecular flexibility index (Phi) is 6.15. The van der Waals surface area contributed by atoms with E-state index in [-0.39, 0.29) is 24.3 Å². The molecular formula is C19H21FN2O3S. The lowest BCUT2D eigenvalue weighted by atomic mass is 10.1. The number of halogens is 1. The molecule has 0 saturated carbocycles. The first-order valence-corrected chi connectivity index (χ1v) is 9.82. The third kappa shape index (κ3) is 4.92. The van der Waals surface area contributed by atoms with Crippen LogP contribution in [0.3, 0.4) is 0 Å². The smallest absolute Gasteiger partial charge is 0.251 e. The lowest BCUT2D eigenvalue weighted by Crippen LogP contribution is -2.30. The molecule has 1 atom stereocenters. The highest BCUT2D eigenvalue weighted by Gasteiger charge is 2.17. The second-order valence-electron chi connectivity index (χ2n) is 5.88. The average molecular weight is 376 g/mol. The lowest BCUT2D eigenvalue weighted by Gasteiger charge is -2.21. The van der Waals surface area contributed by atoms with E-state index in [9.17, 15) is 17.6 Å². The molecule has 0 aliphatic rings. The van der Waals surface area contributed by atoms with Gasteiger partial charge in [0.2, 0.25) is 10.0 Å². The minimum absolute atomic E-state index is 0.145. The van der Waals surface area contributed by atoms with Crippen molar-refractivity contribution < 1.29 is 17.6 Å². The first-order valence-electron chi connectivity index (χ1n) is 7.97. The number of nitrogens with zero attached hydrogens (tertiary/aromatic N) is 1. The van der Waals surface area contributed by atoms with E-state index in [2.05, 4.69) is 11.9 Å². The molecule has 2 aromatic carbocycles. The Balaban J connectivity index is 2.13. The van der Waals surface area contributed by atoms with E-state index >= 15 is 0 Å². The number of hydrogen-bond donors (Lipinski definition) is 1. The molecule has 1 N–H and O–H groups in total. The van der Waals surface area contributed by atoms with Crippen LogP contribution in [0.25, 0.3) is 0 Å². The first kappa shape index (κ1) is 19.7. The van der Waals surface area contributed by atoms with Gasteiger partial charge in [0.05, 0.1) is 24.5 Å². The van der Waals surface area contributed by atoms with Gasteiger partial charge in [-0.15, -0.1) is 6.58 Å². The van der Waals surface area contributed by atoms with Crippen molar-refractivity contribution in [1.29, 1.82) is 0 Å². The Hall–Kier alpha value is -2.67. The summed E-state index contributed by atoms with van der Waals surface area (Å²) in [6.45, 7) is 5.50. The second-order valence-corrected chi connectivity index (χ2v) is 7.78. The van der Waals surface area contributed by atoms with Crippen LogP contribution < -0.4 is 9.62 Å². The monoisotopic (exact) mass is 376 g/mol. The average Bonchev–Trinajstić information content (AvgIpc) is 2.59. The van der Waals surface area contributed by atoms with Crippen molar-refractivity contribution in [1.82, 2.24) is 5.32 Å². The van der Waals surface area contributed by atoms with Crippen LogP contribution in [-0.4, -0.2) is 27.1 Å². The maximum atomic E-state index is 13.0. The minimum atomic E-state index is -3.44. The highest BCUT2D eigenvalue weighted by atomic mass is 32.2. The molecule has 1 unspecified atom stereocenters. The first-order chi connectivity index (χ1) is 12.2. The van der Waals surface area contributed by atoms with E-state index in [1.54, 1.807) is 43.3 Å². The molecule has 0 fully saturated rings. The summed E-state index contributed by atoms with van der Waals surface area (Å²) in [6, 6.07) is 11.9. The van der Waals surface area contributed by atoms with E-state index in [4.69, 9.17) is 0 Å². The van der Waals surface area contributed by atoms with Crippen molar-refractivity contribution in [2.75, 3.05) is 17.1 Å². The molecule has 0 radical (unpaired) electrons. The van der Waals surface area contributed by atoms with Crippen molar-refractivity contribution in [2.45, 2.75) is 13.0 Å². The maximum Gasteiger partial charge on any atom is 0.251 e. The Morgan fingerprint density at radius 2 is 1.77 bits per heavy atom. The molecule has 7 heteroatoms. The van der Waals surface area contributed by atoms with Crippen LogP contribution >= 0.6 is 0 Å². The van der Waals surface area contributed by atoms with Gasteiger partial charge in [-0.2, -0.15) is 0 Å². The minimum Gasteiger partial charge on any atom is -0.346 e. The van der Waals surface area contributed by atoms with Crippen LogP contribution in [0.4, 0.5) is 10.1 Å². The number of sulfonamides is 1. The van der Waals surface area contributed by atoms with Gasteiger partial charge in [0.15, 0.2) is 0 Å². The summed E-state index contributed by atoms with van der Waals surface area (Å²) in [6.07, 6.45) is 2.60. The zero-order valence-corrected chi connectivity index (χ0v) is 15.5. The molecular weight excluding hydrogens is 355 g/mol. The van der Waals surface area contributed by atoms with Crippen LogP contribution in [0.2, 0.25) is 0 Å². The van der Waals surface area contributed by atoms with Gasteiger partial charge in [0.1, 0.15) is 5.82 Å². The molecule has 5 nitrogen and oxygen atoms in total. The van der Waals surface area contributed by atoms with E-state index < -0.39 is 10.0 Å². The number of hydrogen-bond acceptors (Lipinski definition) is 3. The van der Waals surface area contributed by atoms with Crippen molar-refractivity contribution in [3.63, 3.8) is 0 Å². The number of carbonyl (C=O) groups excluding carboxylic acids is 1. The SMILES string of the molecule is C=CCN(c1ccc(C(=O)NC(C)c2ccc(F)cc2)cc1)S(C)(=O)=O. The Morgan fingerprint density at radius 1 is 1.19 bits per heavy atom. The van der Waals surface area contributed by atoms with Gasteiger partial charge in [-0.1, -0.05) is 18.2 Å². The normalized spacial score (nSPS) is 12.3. The summed E-state index contributed by atoms with van der Waals surface area (Å²) in [7, 11) is -3.44. The molecule has 1 amide bonds. The number of anilines is 1. The van der Waals surface area contributed by atoms with Crippen LogP contribution in [0.5, 0.6) is 0 Å². The van der Waals surface area contributed by atoms with Gasteiger partial charge < -0.3 is 5.32 Å². The quantitative estimate of drug-likeness (QED) is 0.754. The molecule has 0 saturated heterocycles. The Morgan fingerprint density at radius 3 is 2.27 bits per heavy atom. The lowest BCUT2D eigenvalue weighted by molar-refractivity contribution is 0.0940. The summed E-state index contributed by atoms with van der Waals surface area (Å²) in [5, 5.41) is 2.83. The molecule has 0 aromatic heterocycles. The molecule has 0 aliphatic heterocycles. The molecule has 2 rings (SSSR count). The van der Waals surface area contributed by atoms with Gasteiger partial charge in [0.25, 0.3) is 5.91 Å².